The van der Waals surface area contributed by atoms with E-state index in [-0.39, 0.29) is 11.5 Å². The van der Waals surface area contributed by atoms with E-state index in [4.69, 9.17) is 0 Å². The number of hydrogen-bond donors (Lipinski definition) is 0. The van der Waals surface area contributed by atoms with Gasteiger partial charge in [0.1, 0.15) is 0 Å². The second-order valence-corrected chi connectivity index (χ2v) is 4.15. The molecule has 2 aromatic heterocycles. The minimum absolute atomic E-state index is 0.0403. The standard InChI is InChI=1S/C14H14FN3O/c1-18(9-6-11-4-2-3-7-17-11)14(19)12-5-8-16-10-13(12)15/h2-5,7-8,10H,6,9H2,1H3. The van der Waals surface area contributed by atoms with Gasteiger partial charge in [0.25, 0.3) is 5.91 Å². The quantitative estimate of drug-likeness (QED) is 0.842. The summed E-state index contributed by atoms with van der Waals surface area (Å²) in [6, 6.07) is 7.01. The Balaban J connectivity index is 1.99. The highest BCUT2D eigenvalue weighted by Gasteiger charge is 2.15. The third kappa shape index (κ3) is 3.34. The van der Waals surface area contributed by atoms with Crippen LogP contribution in [0.3, 0.4) is 0 Å². The van der Waals surface area contributed by atoms with Gasteiger partial charge in [0, 0.05) is 38.1 Å². The molecule has 0 aromatic carbocycles. The Morgan fingerprint density at radius 3 is 2.84 bits per heavy atom. The van der Waals surface area contributed by atoms with Crippen molar-refractivity contribution >= 4 is 5.91 Å². The Labute approximate surface area is 110 Å². The summed E-state index contributed by atoms with van der Waals surface area (Å²) in [5.74, 6) is -0.951. The van der Waals surface area contributed by atoms with Gasteiger partial charge in [-0.2, -0.15) is 0 Å². The molecule has 0 atom stereocenters. The van der Waals surface area contributed by atoms with Crippen LogP contribution in [0.2, 0.25) is 0 Å². The van der Waals surface area contributed by atoms with Crippen LogP contribution in [0.1, 0.15) is 16.1 Å². The largest absolute Gasteiger partial charge is 0.341 e. The van der Waals surface area contributed by atoms with E-state index in [0.717, 1.165) is 11.9 Å². The Kier molecular flexibility index (Phi) is 4.18. The fourth-order valence-electron chi connectivity index (χ4n) is 1.68. The first-order valence-corrected chi connectivity index (χ1v) is 5.93. The molecule has 2 rings (SSSR count). The minimum Gasteiger partial charge on any atom is -0.341 e. The number of rotatable bonds is 4. The second-order valence-electron chi connectivity index (χ2n) is 4.15. The smallest absolute Gasteiger partial charge is 0.256 e. The van der Waals surface area contributed by atoms with E-state index >= 15 is 0 Å². The SMILES string of the molecule is CN(CCc1ccccn1)C(=O)c1ccncc1F. The topological polar surface area (TPSA) is 46.1 Å². The van der Waals surface area contributed by atoms with Gasteiger partial charge >= 0.3 is 0 Å². The number of nitrogens with zero attached hydrogens (tertiary/aromatic N) is 3. The summed E-state index contributed by atoms with van der Waals surface area (Å²) in [4.78, 5) is 21.3. The average Bonchev–Trinajstić information content (AvgIpc) is 2.45. The lowest BCUT2D eigenvalue weighted by atomic mass is 10.2. The van der Waals surface area contributed by atoms with Crippen molar-refractivity contribution in [1.29, 1.82) is 0 Å². The van der Waals surface area contributed by atoms with Crippen LogP contribution in [0.25, 0.3) is 0 Å². The van der Waals surface area contributed by atoms with Crippen LogP contribution in [0.5, 0.6) is 0 Å². The number of amides is 1. The summed E-state index contributed by atoms with van der Waals surface area (Å²) in [6.45, 7) is 0.484. The molecule has 0 spiro atoms. The molecule has 0 aliphatic rings. The van der Waals surface area contributed by atoms with Crippen LogP contribution in [0.4, 0.5) is 4.39 Å². The summed E-state index contributed by atoms with van der Waals surface area (Å²) >= 11 is 0. The van der Waals surface area contributed by atoms with Crippen LogP contribution in [0, 0.1) is 5.82 Å². The van der Waals surface area contributed by atoms with Crippen molar-refractivity contribution in [3.8, 4) is 0 Å². The number of likely N-dealkylation sites (N-methyl/N-ethyl adjacent to an activating group) is 1. The van der Waals surface area contributed by atoms with E-state index in [1.54, 1.807) is 13.2 Å². The van der Waals surface area contributed by atoms with Crippen molar-refractivity contribution in [1.82, 2.24) is 14.9 Å². The summed E-state index contributed by atoms with van der Waals surface area (Å²) in [5.41, 5.74) is 0.941. The van der Waals surface area contributed by atoms with Crippen molar-refractivity contribution in [3.63, 3.8) is 0 Å². The molecule has 0 saturated heterocycles. The van der Waals surface area contributed by atoms with Crippen molar-refractivity contribution in [2.24, 2.45) is 0 Å². The highest BCUT2D eigenvalue weighted by molar-refractivity contribution is 5.94. The maximum Gasteiger partial charge on any atom is 0.256 e. The van der Waals surface area contributed by atoms with Gasteiger partial charge < -0.3 is 4.90 Å². The maximum absolute atomic E-state index is 13.4. The summed E-state index contributed by atoms with van der Waals surface area (Å²) in [5, 5.41) is 0. The summed E-state index contributed by atoms with van der Waals surface area (Å²) < 4.78 is 13.4. The van der Waals surface area contributed by atoms with Crippen molar-refractivity contribution in [3.05, 3.63) is 59.9 Å². The van der Waals surface area contributed by atoms with Crippen LogP contribution in [-0.2, 0) is 6.42 Å². The molecule has 4 nitrogen and oxygen atoms in total. The molecular weight excluding hydrogens is 245 g/mol. The van der Waals surface area contributed by atoms with Crippen LogP contribution in [0.15, 0.2) is 42.9 Å². The van der Waals surface area contributed by atoms with Crippen molar-refractivity contribution in [2.75, 3.05) is 13.6 Å². The molecule has 2 heterocycles. The van der Waals surface area contributed by atoms with Crippen LogP contribution in [-0.4, -0.2) is 34.4 Å². The molecule has 0 aliphatic carbocycles. The zero-order chi connectivity index (χ0) is 13.7. The number of carbonyl (C=O) groups excluding carboxylic acids is 1. The number of halogens is 1. The van der Waals surface area contributed by atoms with Crippen molar-refractivity contribution < 1.29 is 9.18 Å². The molecule has 0 radical (unpaired) electrons. The lowest BCUT2D eigenvalue weighted by Crippen LogP contribution is -2.29. The molecule has 0 aliphatic heterocycles. The third-order valence-electron chi connectivity index (χ3n) is 2.78. The molecule has 0 fully saturated rings. The van der Waals surface area contributed by atoms with Gasteiger partial charge in [-0.05, 0) is 18.2 Å². The predicted molar refractivity (Wildman–Crippen MR) is 69.1 cm³/mol. The molecule has 1 amide bonds. The first-order chi connectivity index (χ1) is 9.18. The Bertz CT molecular complexity index is 560. The van der Waals surface area contributed by atoms with E-state index < -0.39 is 5.82 Å². The first-order valence-electron chi connectivity index (χ1n) is 5.93. The molecule has 0 saturated carbocycles. The van der Waals surface area contributed by atoms with E-state index in [9.17, 15) is 9.18 Å². The normalized spacial score (nSPS) is 10.2. The second kappa shape index (κ2) is 6.04. The van der Waals surface area contributed by atoms with E-state index in [0.29, 0.717) is 13.0 Å². The average molecular weight is 259 g/mol. The van der Waals surface area contributed by atoms with Gasteiger partial charge in [0.15, 0.2) is 5.82 Å². The Morgan fingerprint density at radius 2 is 2.16 bits per heavy atom. The maximum atomic E-state index is 13.4. The number of hydrogen-bond acceptors (Lipinski definition) is 3. The third-order valence-corrected chi connectivity index (χ3v) is 2.78. The molecule has 0 bridgehead atoms. The van der Waals surface area contributed by atoms with Gasteiger partial charge in [-0.25, -0.2) is 4.39 Å². The molecule has 98 valence electrons. The van der Waals surface area contributed by atoms with Crippen LogP contribution < -0.4 is 0 Å². The molecule has 0 unspecified atom stereocenters. The predicted octanol–water partition coefficient (Wildman–Crippen LogP) is 1.93. The number of carbonyl (C=O) groups is 1. The zero-order valence-electron chi connectivity index (χ0n) is 10.6. The molecule has 19 heavy (non-hydrogen) atoms. The highest BCUT2D eigenvalue weighted by Crippen LogP contribution is 2.08. The molecule has 5 heteroatoms. The Morgan fingerprint density at radius 1 is 1.32 bits per heavy atom. The molecule has 2 aromatic rings. The van der Waals surface area contributed by atoms with Crippen molar-refractivity contribution in [2.45, 2.75) is 6.42 Å². The van der Waals surface area contributed by atoms with Gasteiger partial charge in [0.2, 0.25) is 0 Å². The number of aromatic nitrogens is 2. The fraction of sp³-hybridized carbons (Fsp3) is 0.214. The van der Waals surface area contributed by atoms with Gasteiger partial charge in [-0.1, -0.05) is 6.07 Å². The van der Waals surface area contributed by atoms with E-state index in [1.165, 1.54) is 17.2 Å². The monoisotopic (exact) mass is 259 g/mol. The molecular formula is C14H14FN3O. The lowest BCUT2D eigenvalue weighted by Gasteiger charge is -2.17. The van der Waals surface area contributed by atoms with E-state index in [1.807, 2.05) is 18.2 Å². The zero-order valence-corrected chi connectivity index (χ0v) is 10.6. The van der Waals surface area contributed by atoms with Gasteiger partial charge in [-0.3, -0.25) is 14.8 Å². The fourth-order valence-corrected chi connectivity index (χ4v) is 1.68. The van der Waals surface area contributed by atoms with Crippen LogP contribution >= 0.6 is 0 Å². The lowest BCUT2D eigenvalue weighted by molar-refractivity contribution is 0.0791. The Hall–Kier alpha value is -2.30. The summed E-state index contributed by atoms with van der Waals surface area (Å²) in [6.07, 6.45) is 4.79. The molecule has 0 N–H and O–H groups in total. The highest BCUT2D eigenvalue weighted by atomic mass is 19.1. The number of pyridine rings is 2. The first kappa shape index (κ1) is 13.1. The summed E-state index contributed by atoms with van der Waals surface area (Å²) in [7, 11) is 1.64. The van der Waals surface area contributed by atoms with Gasteiger partial charge in [-0.15, -0.1) is 0 Å². The van der Waals surface area contributed by atoms with E-state index in [2.05, 4.69) is 9.97 Å². The van der Waals surface area contributed by atoms with Gasteiger partial charge in [0.05, 0.1) is 11.8 Å². The minimum atomic E-state index is -0.600.